The summed E-state index contributed by atoms with van der Waals surface area (Å²) < 4.78 is 1.78. The fourth-order valence-electron chi connectivity index (χ4n) is 1.61. The number of nitrogens with one attached hydrogen (secondary N) is 2. The predicted molar refractivity (Wildman–Crippen MR) is 80.2 cm³/mol. The van der Waals surface area contributed by atoms with Gasteiger partial charge in [-0.25, -0.2) is 9.67 Å². The quantitative estimate of drug-likeness (QED) is 0.835. The van der Waals surface area contributed by atoms with E-state index in [9.17, 15) is 0 Å². The Morgan fingerprint density at radius 2 is 2.05 bits per heavy atom. The number of benzene rings is 1. The highest BCUT2D eigenvalue weighted by atomic mass is 32.1. The minimum atomic E-state index is 0.512. The zero-order valence-electron chi connectivity index (χ0n) is 11.1. The number of hydrogen-bond acceptors (Lipinski definition) is 3. The third-order valence-electron chi connectivity index (χ3n) is 2.56. The maximum atomic E-state index is 5.08. The molecule has 0 spiro atoms. The lowest BCUT2D eigenvalue weighted by Crippen LogP contribution is -2.28. The monoisotopic (exact) mass is 275 g/mol. The molecule has 0 bridgehead atoms. The van der Waals surface area contributed by atoms with E-state index in [1.54, 1.807) is 11.0 Å². The van der Waals surface area contributed by atoms with E-state index in [2.05, 4.69) is 51.9 Å². The molecule has 0 amide bonds. The van der Waals surface area contributed by atoms with E-state index in [1.807, 2.05) is 6.92 Å². The Labute approximate surface area is 118 Å². The van der Waals surface area contributed by atoms with Gasteiger partial charge >= 0.3 is 0 Å². The molecule has 2 rings (SSSR count). The third-order valence-corrected chi connectivity index (χ3v) is 2.81. The Morgan fingerprint density at radius 1 is 1.32 bits per heavy atom. The van der Waals surface area contributed by atoms with E-state index >= 15 is 0 Å². The van der Waals surface area contributed by atoms with Crippen molar-refractivity contribution in [2.75, 3.05) is 11.9 Å². The molecule has 6 heteroatoms. The maximum Gasteiger partial charge on any atom is 0.248 e. The standard InChI is InChI=1S/C13H17N5S/c1-3-14-13(19)16-12-15-9-18(17-12)8-11-6-4-10(2)5-7-11/h4-7,9H,3,8H2,1-2H3,(H2,14,16,17,19). The number of rotatable bonds is 4. The van der Waals surface area contributed by atoms with Gasteiger partial charge in [0.05, 0.1) is 6.54 Å². The molecule has 0 aliphatic rings. The number of aryl methyl sites for hydroxylation is 1. The summed E-state index contributed by atoms with van der Waals surface area (Å²) in [5, 5.41) is 10.8. The van der Waals surface area contributed by atoms with Gasteiger partial charge in [0.1, 0.15) is 6.33 Å². The molecule has 1 aromatic carbocycles. The minimum absolute atomic E-state index is 0.512. The first kappa shape index (κ1) is 13.5. The fourth-order valence-corrected chi connectivity index (χ4v) is 1.85. The van der Waals surface area contributed by atoms with Gasteiger partial charge in [-0.1, -0.05) is 29.8 Å². The molecule has 1 heterocycles. The Kier molecular flexibility index (Phi) is 4.46. The molecule has 1 aromatic heterocycles. The molecular formula is C13H17N5S. The van der Waals surface area contributed by atoms with E-state index in [-0.39, 0.29) is 0 Å². The first-order chi connectivity index (χ1) is 9.17. The summed E-state index contributed by atoms with van der Waals surface area (Å²) in [6.45, 7) is 5.53. The molecule has 2 aromatic rings. The summed E-state index contributed by atoms with van der Waals surface area (Å²) in [6, 6.07) is 8.36. The van der Waals surface area contributed by atoms with Gasteiger partial charge in [0.15, 0.2) is 5.11 Å². The zero-order chi connectivity index (χ0) is 13.7. The van der Waals surface area contributed by atoms with Gasteiger partial charge in [-0.3, -0.25) is 5.32 Å². The van der Waals surface area contributed by atoms with Crippen LogP contribution in [0.2, 0.25) is 0 Å². The van der Waals surface area contributed by atoms with Gasteiger partial charge in [0.2, 0.25) is 5.95 Å². The Hall–Kier alpha value is -1.95. The van der Waals surface area contributed by atoms with Crippen molar-refractivity contribution in [1.82, 2.24) is 20.1 Å². The molecule has 0 saturated carbocycles. The average Bonchev–Trinajstić information content (AvgIpc) is 2.80. The van der Waals surface area contributed by atoms with E-state index < -0.39 is 0 Å². The van der Waals surface area contributed by atoms with E-state index in [4.69, 9.17) is 12.2 Å². The molecule has 0 aliphatic carbocycles. The largest absolute Gasteiger partial charge is 0.363 e. The SMILES string of the molecule is CCNC(=S)Nc1ncn(Cc2ccc(C)cc2)n1. The van der Waals surface area contributed by atoms with Crippen LogP contribution in [0.15, 0.2) is 30.6 Å². The van der Waals surface area contributed by atoms with Crippen LogP contribution in [0.3, 0.4) is 0 Å². The lowest BCUT2D eigenvalue weighted by Gasteiger charge is -2.04. The zero-order valence-corrected chi connectivity index (χ0v) is 11.9. The normalized spacial score (nSPS) is 10.2. The summed E-state index contributed by atoms with van der Waals surface area (Å²) in [7, 11) is 0. The number of aromatic nitrogens is 3. The summed E-state index contributed by atoms with van der Waals surface area (Å²) >= 11 is 5.08. The second kappa shape index (κ2) is 6.29. The molecule has 0 aliphatic heterocycles. The van der Waals surface area contributed by atoms with E-state index in [0.717, 1.165) is 6.54 Å². The summed E-state index contributed by atoms with van der Waals surface area (Å²) in [6.07, 6.45) is 1.69. The second-order valence-corrected chi connectivity index (χ2v) is 4.64. The number of anilines is 1. The smallest absolute Gasteiger partial charge is 0.248 e. The van der Waals surface area contributed by atoms with Crippen molar-refractivity contribution >= 4 is 23.3 Å². The van der Waals surface area contributed by atoms with Crippen molar-refractivity contribution in [3.63, 3.8) is 0 Å². The number of hydrogen-bond donors (Lipinski definition) is 2. The Morgan fingerprint density at radius 3 is 2.74 bits per heavy atom. The van der Waals surface area contributed by atoms with Crippen LogP contribution in [0.4, 0.5) is 5.95 Å². The molecule has 0 unspecified atom stereocenters. The second-order valence-electron chi connectivity index (χ2n) is 4.24. The highest BCUT2D eigenvalue weighted by Crippen LogP contribution is 2.05. The van der Waals surface area contributed by atoms with Crippen LogP contribution in [-0.4, -0.2) is 26.4 Å². The summed E-state index contributed by atoms with van der Waals surface area (Å²) in [5.74, 6) is 0.512. The first-order valence-corrected chi connectivity index (χ1v) is 6.58. The molecule has 100 valence electrons. The number of thiocarbonyl (C=S) groups is 1. The van der Waals surface area contributed by atoms with Crippen LogP contribution in [0.5, 0.6) is 0 Å². The summed E-state index contributed by atoms with van der Waals surface area (Å²) in [4.78, 5) is 4.17. The average molecular weight is 275 g/mol. The van der Waals surface area contributed by atoms with E-state index in [1.165, 1.54) is 11.1 Å². The molecule has 0 fully saturated rings. The molecule has 0 radical (unpaired) electrons. The Bertz CT molecular complexity index is 546. The van der Waals surface area contributed by atoms with Gasteiger partial charge in [0, 0.05) is 6.54 Å². The van der Waals surface area contributed by atoms with Crippen LogP contribution in [-0.2, 0) is 6.54 Å². The van der Waals surface area contributed by atoms with Gasteiger partial charge < -0.3 is 5.32 Å². The van der Waals surface area contributed by atoms with Crippen LogP contribution in [0, 0.1) is 6.92 Å². The van der Waals surface area contributed by atoms with Crippen LogP contribution in [0.25, 0.3) is 0 Å². The molecule has 0 saturated heterocycles. The molecule has 5 nitrogen and oxygen atoms in total. The van der Waals surface area contributed by atoms with Crippen LogP contribution >= 0.6 is 12.2 Å². The van der Waals surface area contributed by atoms with E-state index in [0.29, 0.717) is 17.6 Å². The molecule has 0 atom stereocenters. The minimum Gasteiger partial charge on any atom is -0.363 e. The topological polar surface area (TPSA) is 54.8 Å². The maximum absolute atomic E-state index is 5.08. The lowest BCUT2D eigenvalue weighted by molar-refractivity contribution is 0.687. The number of nitrogens with zero attached hydrogens (tertiary/aromatic N) is 3. The van der Waals surface area contributed by atoms with Crippen molar-refractivity contribution in [2.24, 2.45) is 0 Å². The highest BCUT2D eigenvalue weighted by molar-refractivity contribution is 7.80. The molecule has 19 heavy (non-hydrogen) atoms. The van der Waals surface area contributed by atoms with Crippen LogP contribution < -0.4 is 10.6 Å². The van der Waals surface area contributed by atoms with Crippen molar-refractivity contribution in [3.05, 3.63) is 41.7 Å². The van der Waals surface area contributed by atoms with Crippen molar-refractivity contribution in [1.29, 1.82) is 0 Å². The van der Waals surface area contributed by atoms with Gasteiger partial charge in [-0.15, -0.1) is 5.10 Å². The summed E-state index contributed by atoms with van der Waals surface area (Å²) in [5.41, 5.74) is 2.44. The third kappa shape index (κ3) is 4.03. The van der Waals surface area contributed by atoms with Crippen molar-refractivity contribution < 1.29 is 0 Å². The fraction of sp³-hybridized carbons (Fsp3) is 0.308. The molecular weight excluding hydrogens is 258 g/mol. The van der Waals surface area contributed by atoms with Gasteiger partial charge in [0.25, 0.3) is 0 Å². The van der Waals surface area contributed by atoms with Gasteiger partial charge in [-0.2, -0.15) is 0 Å². The van der Waals surface area contributed by atoms with Gasteiger partial charge in [-0.05, 0) is 31.6 Å². The first-order valence-electron chi connectivity index (χ1n) is 6.17. The van der Waals surface area contributed by atoms with Crippen molar-refractivity contribution in [3.8, 4) is 0 Å². The Balaban J connectivity index is 1.97. The molecule has 2 N–H and O–H groups in total. The lowest BCUT2D eigenvalue weighted by atomic mass is 10.1. The predicted octanol–water partition coefficient (Wildman–Crippen LogP) is 1.94. The van der Waals surface area contributed by atoms with Crippen LogP contribution in [0.1, 0.15) is 18.1 Å². The highest BCUT2D eigenvalue weighted by Gasteiger charge is 2.03. The van der Waals surface area contributed by atoms with Crippen molar-refractivity contribution in [2.45, 2.75) is 20.4 Å².